The van der Waals surface area contributed by atoms with Gasteiger partial charge in [-0.05, 0) is 60.6 Å². The van der Waals surface area contributed by atoms with Gasteiger partial charge in [-0.15, -0.1) is 0 Å². The van der Waals surface area contributed by atoms with Crippen LogP contribution in [0.5, 0.6) is 0 Å². The van der Waals surface area contributed by atoms with Gasteiger partial charge in [-0.3, -0.25) is 4.79 Å². The van der Waals surface area contributed by atoms with Crippen LogP contribution in [0.25, 0.3) is 0 Å². The van der Waals surface area contributed by atoms with Crippen LogP contribution in [0.1, 0.15) is 54.1 Å². The third-order valence-electron chi connectivity index (χ3n) is 5.16. The first-order valence-electron chi connectivity index (χ1n) is 9.85. The van der Waals surface area contributed by atoms with Gasteiger partial charge >= 0.3 is 0 Å². The van der Waals surface area contributed by atoms with E-state index in [1.807, 2.05) is 0 Å². The van der Waals surface area contributed by atoms with Gasteiger partial charge in [0, 0.05) is 25.2 Å². The Morgan fingerprint density at radius 3 is 2.18 bits per heavy atom. The lowest BCUT2D eigenvalue weighted by molar-refractivity contribution is 0.0954. The number of carbonyl (C=O) groups excluding carboxylic acids is 1. The van der Waals surface area contributed by atoms with Crippen molar-refractivity contribution in [2.75, 3.05) is 19.6 Å². The standard InChI is InChI=1S/C22H28N2O3S/c1-17(2)19-7-5-18(6-8-19)13-14-23-22(25)20-9-11-21(12-10-20)28(26,27)24-15-3-4-16-24/h5-12,17H,3-4,13-16H2,1-2H3,(H,23,25). The molecular weight excluding hydrogens is 372 g/mol. The summed E-state index contributed by atoms with van der Waals surface area (Å²) in [5.74, 6) is 0.315. The molecule has 0 unspecified atom stereocenters. The first-order valence-corrected chi connectivity index (χ1v) is 11.3. The van der Waals surface area contributed by atoms with Gasteiger partial charge in [0.25, 0.3) is 5.91 Å². The second kappa shape index (κ2) is 8.88. The number of rotatable bonds is 7. The molecule has 2 aromatic rings. The van der Waals surface area contributed by atoms with E-state index < -0.39 is 10.0 Å². The Morgan fingerprint density at radius 2 is 1.61 bits per heavy atom. The first kappa shape index (κ1) is 20.6. The average molecular weight is 401 g/mol. The zero-order chi connectivity index (χ0) is 20.1. The predicted molar refractivity (Wildman–Crippen MR) is 111 cm³/mol. The van der Waals surface area contributed by atoms with E-state index in [9.17, 15) is 13.2 Å². The van der Waals surface area contributed by atoms with Crippen LogP contribution in [0, 0.1) is 0 Å². The summed E-state index contributed by atoms with van der Waals surface area (Å²) in [6, 6.07) is 14.6. The molecule has 1 heterocycles. The normalized spacial score (nSPS) is 15.1. The highest BCUT2D eigenvalue weighted by atomic mass is 32.2. The molecule has 1 fully saturated rings. The summed E-state index contributed by atoms with van der Waals surface area (Å²) in [4.78, 5) is 12.6. The highest BCUT2D eigenvalue weighted by Crippen LogP contribution is 2.21. The van der Waals surface area contributed by atoms with Crippen molar-refractivity contribution in [1.29, 1.82) is 0 Å². The number of carbonyl (C=O) groups is 1. The average Bonchev–Trinajstić information content (AvgIpc) is 3.24. The number of benzene rings is 2. The predicted octanol–water partition coefficient (Wildman–Crippen LogP) is 3.57. The molecule has 28 heavy (non-hydrogen) atoms. The molecule has 0 radical (unpaired) electrons. The summed E-state index contributed by atoms with van der Waals surface area (Å²) in [5.41, 5.74) is 2.95. The Hall–Kier alpha value is -2.18. The van der Waals surface area contributed by atoms with E-state index in [1.54, 1.807) is 12.1 Å². The van der Waals surface area contributed by atoms with Crippen molar-refractivity contribution in [3.63, 3.8) is 0 Å². The van der Waals surface area contributed by atoms with Gasteiger partial charge in [0.2, 0.25) is 10.0 Å². The molecule has 1 N–H and O–H groups in total. The van der Waals surface area contributed by atoms with Crippen molar-refractivity contribution in [3.05, 3.63) is 65.2 Å². The van der Waals surface area contributed by atoms with Gasteiger partial charge in [0.1, 0.15) is 0 Å². The Morgan fingerprint density at radius 1 is 1.00 bits per heavy atom. The number of amides is 1. The van der Waals surface area contributed by atoms with E-state index in [4.69, 9.17) is 0 Å². The number of nitrogens with one attached hydrogen (secondary N) is 1. The molecule has 1 aliphatic heterocycles. The van der Waals surface area contributed by atoms with E-state index in [0.29, 0.717) is 31.1 Å². The molecule has 1 saturated heterocycles. The summed E-state index contributed by atoms with van der Waals surface area (Å²) in [6.45, 7) is 6.01. The third kappa shape index (κ3) is 4.80. The lowest BCUT2D eigenvalue weighted by atomic mass is 10.0. The van der Waals surface area contributed by atoms with E-state index in [-0.39, 0.29) is 10.8 Å². The van der Waals surface area contributed by atoms with Gasteiger partial charge in [0.15, 0.2) is 0 Å². The second-order valence-electron chi connectivity index (χ2n) is 7.54. The van der Waals surface area contributed by atoms with Crippen LogP contribution < -0.4 is 5.32 Å². The van der Waals surface area contributed by atoms with Crippen molar-refractivity contribution >= 4 is 15.9 Å². The van der Waals surface area contributed by atoms with Crippen LogP contribution in [-0.2, 0) is 16.4 Å². The largest absolute Gasteiger partial charge is 0.352 e. The maximum atomic E-state index is 12.5. The molecular formula is C22H28N2O3S. The van der Waals surface area contributed by atoms with Crippen molar-refractivity contribution in [2.45, 2.75) is 43.9 Å². The number of sulfonamides is 1. The van der Waals surface area contributed by atoms with E-state index in [0.717, 1.165) is 19.3 Å². The van der Waals surface area contributed by atoms with Crippen LogP contribution >= 0.6 is 0 Å². The molecule has 2 aromatic carbocycles. The molecule has 5 nitrogen and oxygen atoms in total. The molecule has 0 bridgehead atoms. The van der Waals surface area contributed by atoms with E-state index in [1.165, 1.54) is 27.6 Å². The zero-order valence-corrected chi connectivity index (χ0v) is 17.3. The van der Waals surface area contributed by atoms with Crippen LogP contribution in [0.15, 0.2) is 53.4 Å². The fourth-order valence-corrected chi connectivity index (χ4v) is 4.86. The maximum absolute atomic E-state index is 12.5. The highest BCUT2D eigenvalue weighted by Gasteiger charge is 2.27. The molecule has 0 spiro atoms. The summed E-state index contributed by atoms with van der Waals surface area (Å²) in [5, 5.41) is 2.90. The SMILES string of the molecule is CC(C)c1ccc(CCNC(=O)c2ccc(S(=O)(=O)N3CCCC3)cc2)cc1. The Bertz CT molecular complexity index is 898. The molecule has 1 amide bonds. The summed E-state index contributed by atoms with van der Waals surface area (Å²) in [6.07, 6.45) is 2.56. The number of nitrogens with zero attached hydrogens (tertiary/aromatic N) is 1. The van der Waals surface area contributed by atoms with E-state index >= 15 is 0 Å². The molecule has 0 atom stereocenters. The Balaban J connectivity index is 1.54. The van der Waals surface area contributed by atoms with Crippen LogP contribution in [-0.4, -0.2) is 38.3 Å². The van der Waals surface area contributed by atoms with Crippen molar-refractivity contribution in [3.8, 4) is 0 Å². The fourth-order valence-electron chi connectivity index (χ4n) is 3.35. The minimum Gasteiger partial charge on any atom is -0.352 e. The molecule has 3 rings (SSSR count). The van der Waals surface area contributed by atoms with Crippen molar-refractivity contribution in [1.82, 2.24) is 9.62 Å². The monoisotopic (exact) mass is 400 g/mol. The van der Waals surface area contributed by atoms with Gasteiger partial charge in [-0.1, -0.05) is 38.1 Å². The Kier molecular flexibility index (Phi) is 6.52. The second-order valence-corrected chi connectivity index (χ2v) is 9.48. The number of hydrogen-bond acceptors (Lipinski definition) is 3. The lowest BCUT2D eigenvalue weighted by Gasteiger charge is -2.15. The molecule has 0 aliphatic carbocycles. The maximum Gasteiger partial charge on any atom is 0.251 e. The Labute approximate surface area is 167 Å². The van der Waals surface area contributed by atoms with Gasteiger partial charge < -0.3 is 5.32 Å². The minimum atomic E-state index is -3.44. The summed E-state index contributed by atoms with van der Waals surface area (Å²) < 4.78 is 26.6. The minimum absolute atomic E-state index is 0.191. The van der Waals surface area contributed by atoms with Gasteiger partial charge in [-0.2, -0.15) is 4.31 Å². The quantitative estimate of drug-likeness (QED) is 0.773. The summed E-state index contributed by atoms with van der Waals surface area (Å²) >= 11 is 0. The topological polar surface area (TPSA) is 66.5 Å². The molecule has 6 heteroatoms. The van der Waals surface area contributed by atoms with E-state index in [2.05, 4.69) is 43.4 Å². The van der Waals surface area contributed by atoms with Crippen LogP contribution in [0.2, 0.25) is 0 Å². The van der Waals surface area contributed by atoms with Crippen molar-refractivity contribution < 1.29 is 13.2 Å². The first-order chi connectivity index (χ1) is 13.4. The highest BCUT2D eigenvalue weighted by molar-refractivity contribution is 7.89. The van der Waals surface area contributed by atoms with Gasteiger partial charge in [-0.25, -0.2) is 8.42 Å². The third-order valence-corrected chi connectivity index (χ3v) is 7.08. The summed E-state index contributed by atoms with van der Waals surface area (Å²) in [7, 11) is -3.44. The molecule has 0 saturated carbocycles. The lowest BCUT2D eigenvalue weighted by Crippen LogP contribution is -2.28. The van der Waals surface area contributed by atoms with Crippen LogP contribution in [0.3, 0.4) is 0 Å². The molecule has 150 valence electrons. The fraction of sp³-hybridized carbons (Fsp3) is 0.409. The molecule has 1 aliphatic rings. The van der Waals surface area contributed by atoms with Crippen LogP contribution in [0.4, 0.5) is 0 Å². The van der Waals surface area contributed by atoms with Crippen molar-refractivity contribution in [2.24, 2.45) is 0 Å². The van der Waals surface area contributed by atoms with Gasteiger partial charge in [0.05, 0.1) is 4.90 Å². The smallest absolute Gasteiger partial charge is 0.251 e. The zero-order valence-electron chi connectivity index (χ0n) is 16.5. The molecule has 0 aromatic heterocycles. The number of hydrogen-bond donors (Lipinski definition) is 1.